The van der Waals surface area contributed by atoms with Crippen molar-refractivity contribution < 1.29 is 9.53 Å². The highest BCUT2D eigenvalue weighted by atomic mass is 16.5. The highest BCUT2D eigenvalue weighted by Gasteiger charge is 1.95. The summed E-state index contributed by atoms with van der Waals surface area (Å²) in [7, 11) is 0. The van der Waals surface area contributed by atoms with Gasteiger partial charge in [-0.2, -0.15) is 4.99 Å². The van der Waals surface area contributed by atoms with Gasteiger partial charge in [0.2, 0.25) is 0 Å². The molecule has 1 aromatic rings. The van der Waals surface area contributed by atoms with Gasteiger partial charge in [-0.3, -0.25) is 4.79 Å². The fourth-order valence-electron chi connectivity index (χ4n) is 1.23. The summed E-state index contributed by atoms with van der Waals surface area (Å²) in [5.74, 6) is 0.0822. The predicted octanol–water partition coefficient (Wildman–Crippen LogP) is 1.29. The lowest BCUT2D eigenvalue weighted by Crippen LogP contribution is -2.23. The highest BCUT2D eigenvalue weighted by Crippen LogP contribution is 2.13. The highest BCUT2D eigenvalue weighted by molar-refractivity contribution is 5.99. The first-order valence-corrected chi connectivity index (χ1v) is 5.66. The zero-order chi connectivity index (χ0) is 13.4. The van der Waals surface area contributed by atoms with Crippen molar-refractivity contribution in [2.75, 3.05) is 6.61 Å². The van der Waals surface area contributed by atoms with E-state index in [0.717, 1.165) is 17.7 Å². The molecule has 0 fully saturated rings. The van der Waals surface area contributed by atoms with Gasteiger partial charge in [-0.15, -0.1) is 0 Å². The molecule has 0 aliphatic rings. The van der Waals surface area contributed by atoms with Crippen LogP contribution in [-0.2, 0) is 4.79 Å². The Kier molecular flexibility index (Phi) is 5.44. The SMILES string of the molecule is CCCOc1ccc(/C=C/C(=O)N=C(N)N)cc1. The van der Waals surface area contributed by atoms with Crippen LogP contribution in [-0.4, -0.2) is 18.5 Å². The van der Waals surface area contributed by atoms with Crippen molar-refractivity contribution in [3.8, 4) is 5.75 Å². The van der Waals surface area contributed by atoms with Gasteiger partial charge in [0.15, 0.2) is 5.96 Å². The van der Waals surface area contributed by atoms with E-state index in [1.165, 1.54) is 6.08 Å². The average Bonchev–Trinajstić information content (AvgIpc) is 2.34. The Morgan fingerprint density at radius 1 is 1.33 bits per heavy atom. The van der Waals surface area contributed by atoms with Crippen LogP contribution in [0.1, 0.15) is 18.9 Å². The molecule has 5 heteroatoms. The number of benzene rings is 1. The number of hydrogen-bond donors (Lipinski definition) is 2. The molecule has 18 heavy (non-hydrogen) atoms. The number of aliphatic imine (C=N–C) groups is 1. The van der Waals surface area contributed by atoms with Crippen LogP contribution < -0.4 is 16.2 Å². The molecule has 0 heterocycles. The van der Waals surface area contributed by atoms with Crippen LogP contribution >= 0.6 is 0 Å². The Morgan fingerprint density at radius 2 is 2.00 bits per heavy atom. The maximum atomic E-state index is 11.2. The van der Waals surface area contributed by atoms with Crippen LogP contribution in [0.2, 0.25) is 0 Å². The quantitative estimate of drug-likeness (QED) is 0.466. The Bertz CT molecular complexity index is 446. The number of nitrogens with two attached hydrogens (primary N) is 2. The standard InChI is InChI=1S/C13H17N3O2/c1-2-9-18-11-6-3-10(4-7-11)5-8-12(17)16-13(14)15/h3-8H,2,9H2,1H3,(H4,14,15,16,17)/b8-5+. The molecule has 0 saturated heterocycles. The number of rotatable bonds is 5. The molecule has 0 atom stereocenters. The number of carbonyl (C=O) groups excluding carboxylic acids is 1. The second kappa shape index (κ2) is 7.11. The van der Waals surface area contributed by atoms with E-state index in [2.05, 4.69) is 4.99 Å². The minimum atomic E-state index is -0.485. The maximum Gasteiger partial charge on any atom is 0.272 e. The number of carbonyl (C=O) groups is 1. The summed E-state index contributed by atoms with van der Waals surface area (Å²) < 4.78 is 5.44. The zero-order valence-electron chi connectivity index (χ0n) is 10.3. The molecule has 1 aromatic carbocycles. The van der Waals surface area contributed by atoms with Crippen LogP contribution in [0.3, 0.4) is 0 Å². The molecule has 0 saturated carbocycles. The van der Waals surface area contributed by atoms with Gasteiger partial charge in [-0.1, -0.05) is 19.1 Å². The third kappa shape index (κ3) is 5.16. The van der Waals surface area contributed by atoms with E-state index in [9.17, 15) is 4.79 Å². The molecule has 1 amide bonds. The smallest absolute Gasteiger partial charge is 0.272 e. The number of hydrogen-bond acceptors (Lipinski definition) is 2. The van der Waals surface area contributed by atoms with Gasteiger partial charge in [0.25, 0.3) is 5.91 Å². The third-order valence-electron chi connectivity index (χ3n) is 2.01. The predicted molar refractivity (Wildman–Crippen MR) is 72.1 cm³/mol. The molecule has 0 aromatic heterocycles. The first-order chi connectivity index (χ1) is 8.61. The van der Waals surface area contributed by atoms with Gasteiger partial charge < -0.3 is 16.2 Å². The minimum absolute atomic E-state index is 0.243. The number of guanidine groups is 1. The molecule has 0 spiro atoms. The van der Waals surface area contributed by atoms with Gasteiger partial charge in [-0.25, -0.2) is 0 Å². The number of amides is 1. The second-order valence-electron chi connectivity index (χ2n) is 3.63. The topological polar surface area (TPSA) is 90.7 Å². The first kappa shape index (κ1) is 13.8. The summed E-state index contributed by atoms with van der Waals surface area (Å²) in [5.41, 5.74) is 11.0. The first-order valence-electron chi connectivity index (χ1n) is 5.66. The van der Waals surface area contributed by atoms with Crippen molar-refractivity contribution in [3.63, 3.8) is 0 Å². The Labute approximate surface area is 106 Å². The van der Waals surface area contributed by atoms with Crippen molar-refractivity contribution in [2.45, 2.75) is 13.3 Å². The average molecular weight is 247 g/mol. The minimum Gasteiger partial charge on any atom is -0.494 e. The fraction of sp³-hybridized carbons (Fsp3) is 0.231. The van der Waals surface area contributed by atoms with Crippen molar-refractivity contribution >= 4 is 17.9 Å². The van der Waals surface area contributed by atoms with E-state index >= 15 is 0 Å². The molecule has 0 unspecified atom stereocenters. The lowest BCUT2D eigenvalue weighted by molar-refractivity contribution is -0.113. The summed E-state index contributed by atoms with van der Waals surface area (Å²) in [6.07, 6.45) is 3.91. The Balaban J connectivity index is 2.60. The Hall–Kier alpha value is -2.30. The zero-order valence-corrected chi connectivity index (χ0v) is 10.3. The summed E-state index contributed by atoms with van der Waals surface area (Å²) in [5, 5.41) is 0. The van der Waals surface area contributed by atoms with Crippen LogP contribution in [0.5, 0.6) is 5.75 Å². The van der Waals surface area contributed by atoms with E-state index < -0.39 is 5.91 Å². The molecule has 5 nitrogen and oxygen atoms in total. The van der Waals surface area contributed by atoms with E-state index in [1.54, 1.807) is 6.08 Å². The third-order valence-corrected chi connectivity index (χ3v) is 2.01. The second-order valence-corrected chi connectivity index (χ2v) is 3.63. The van der Waals surface area contributed by atoms with E-state index in [0.29, 0.717) is 6.61 Å². The van der Waals surface area contributed by atoms with Gasteiger partial charge in [0.1, 0.15) is 5.75 Å². The summed E-state index contributed by atoms with van der Waals surface area (Å²) in [4.78, 5) is 14.5. The summed E-state index contributed by atoms with van der Waals surface area (Å²) in [6, 6.07) is 7.40. The molecular weight excluding hydrogens is 230 g/mol. The van der Waals surface area contributed by atoms with Crippen LogP contribution in [0.4, 0.5) is 0 Å². The molecule has 0 aliphatic carbocycles. The maximum absolute atomic E-state index is 11.2. The van der Waals surface area contributed by atoms with Crippen LogP contribution in [0.25, 0.3) is 6.08 Å². The molecule has 0 aliphatic heterocycles. The van der Waals surface area contributed by atoms with E-state index in [4.69, 9.17) is 16.2 Å². The number of nitrogens with zero attached hydrogens (tertiary/aromatic N) is 1. The largest absolute Gasteiger partial charge is 0.494 e. The molecule has 1 rings (SSSR count). The molecule has 96 valence electrons. The molecular formula is C13H17N3O2. The molecule has 0 radical (unpaired) electrons. The van der Waals surface area contributed by atoms with Crippen molar-refractivity contribution in [2.24, 2.45) is 16.5 Å². The normalized spacial score (nSPS) is 10.3. The number of ether oxygens (including phenoxy) is 1. The molecule has 4 N–H and O–H groups in total. The Morgan fingerprint density at radius 3 is 2.56 bits per heavy atom. The lowest BCUT2D eigenvalue weighted by Gasteiger charge is -2.03. The van der Waals surface area contributed by atoms with Crippen molar-refractivity contribution in [1.29, 1.82) is 0 Å². The lowest BCUT2D eigenvalue weighted by atomic mass is 10.2. The summed E-state index contributed by atoms with van der Waals surface area (Å²) in [6.45, 7) is 2.74. The summed E-state index contributed by atoms with van der Waals surface area (Å²) >= 11 is 0. The van der Waals surface area contributed by atoms with Gasteiger partial charge in [-0.05, 0) is 30.2 Å². The van der Waals surface area contributed by atoms with Crippen LogP contribution in [0, 0.1) is 0 Å². The monoisotopic (exact) mass is 247 g/mol. The van der Waals surface area contributed by atoms with Gasteiger partial charge in [0, 0.05) is 6.08 Å². The van der Waals surface area contributed by atoms with Gasteiger partial charge in [0.05, 0.1) is 6.61 Å². The van der Waals surface area contributed by atoms with Crippen molar-refractivity contribution in [1.82, 2.24) is 0 Å². The van der Waals surface area contributed by atoms with Crippen LogP contribution in [0.15, 0.2) is 35.3 Å². The van der Waals surface area contributed by atoms with E-state index in [1.807, 2.05) is 31.2 Å². The van der Waals surface area contributed by atoms with Crippen molar-refractivity contribution in [3.05, 3.63) is 35.9 Å². The molecule has 0 bridgehead atoms. The van der Waals surface area contributed by atoms with Gasteiger partial charge >= 0.3 is 0 Å². The fourth-order valence-corrected chi connectivity index (χ4v) is 1.23. The van der Waals surface area contributed by atoms with E-state index in [-0.39, 0.29) is 5.96 Å².